The lowest BCUT2D eigenvalue weighted by Gasteiger charge is -2.43. The summed E-state index contributed by atoms with van der Waals surface area (Å²) in [4.78, 5) is 29.3. The van der Waals surface area contributed by atoms with E-state index < -0.39 is 5.54 Å². The third-order valence-electron chi connectivity index (χ3n) is 6.83. The summed E-state index contributed by atoms with van der Waals surface area (Å²) in [5, 5.41) is 7.78. The fourth-order valence-electron chi connectivity index (χ4n) is 4.71. The molecule has 2 heterocycles. The van der Waals surface area contributed by atoms with Gasteiger partial charge in [-0.25, -0.2) is 0 Å². The van der Waals surface area contributed by atoms with Gasteiger partial charge in [0, 0.05) is 17.8 Å². The second-order valence-electron chi connectivity index (χ2n) is 9.77. The second kappa shape index (κ2) is 9.46. The number of fused-ring (bicyclic) bond motifs is 1. The predicted molar refractivity (Wildman–Crippen MR) is 142 cm³/mol. The number of nitrogens with zero attached hydrogens (tertiary/aromatic N) is 3. The van der Waals surface area contributed by atoms with E-state index >= 15 is 0 Å². The molecule has 0 saturated heterocycles. The summed E-state index contributed by atoms with van der Waals surface area (Å²) in [5.74, 6) is -0.104. The molecule has 4 aromatic rings. The molecular weight excluding hydrogens is 448 g/mol. The van der Waals surface area contributed by atoms with Crippen LogP contribution in [0.4, 0.5) is 5.69 Å². The SMILES string of the molecule is CC(C)c1ccc(N2C(=O)c3cc(-c4ccccc4)nn3C[C@]2(C)C(=O)NCc2ccccc2)cc1. The number of benzene rings is 3. The zero-order chi connectivity index (χ0) is 25.3. The van der Waals surface area contributed by atoms with Gasteiger partial charge in [0.05, 0.1) is 12.2 Å². The maximum Gasteiger partial charge on any atom is 0.277 e. The Morgan fingerprint density at radius 3 is 2.25 bits per heavy atom. The molecule has 1 N–H and O–H groups in total. The maximum atomic E-state index is 14.0. The van der Waals surface area contributed by atoms with Crippen LogP contribution in [-0.2, 0) is 17.9 Å². The molecule has 2 amide bonds. The fraction of sp³-hybridized carbons (Fsp3) is 0.233. The number of hydrogen-bond acceptors (Lipinski definition) is 3. The lowest BCUT2D eigenvalue weighted by Crippen LogP contribution is -2.64. The number of carbonyl (C=O) groups excluding carboxylic acids is 2. The first-order valence-electron chi connectivity index (χ1n) is 12.3. The quantitative estimate of drug-likeness (QED) is 0.403. The summed E-state index contributed by atoms with van der Waals surface area (Å²) < 4.78 is 1.67. The summed E-state index contributed by atoms with van der Waals surface area (Å²) in [6, 6.07) is 29.2. The second-order valence-corrected chi connectivity index (χ2v) is 9.77. The highest BCUT2D eigenvalue weighted by molar-refractivity contribution is 6.12. The Hall–Kier alpha value is -4.19. The molecule has 0 saturated carbocycles. The fourth-order valence-corrected chi connectivity index (χ4v) is 4.71. The van der Waals surface area contributed by atoms with Crippen LogP contribution in [0.5, 0.6) is 0 Å². The summed E-state index contributed by atoms with van der Waals surface area (Å²) >= 11 is 0. The number of amides is 2. The van der Waals surface area contributed by atoms with Crippen LogP contribution in [0.3, 0.4) is 0 Å². The van der Waals surface area contributed by atoms with Crippen LogP contribution in [-0.4, -0.2) is 27.1 Å². The van der Waals surface area contributed by atoms with Crippen molar-refractivity contribution in [3.63, 3.8) is 0 Å². The van der Waals surface area contributed by atoms with Gasteiger partial charge in [0.25, 0.3) is 5.91 Å². The van der Waals surface area contributed by atoms with Crippen molar-refractivity contribution in [3.05, 3.63) is 108 Å². The third kappa shape index (κ3) is 4.31. The number of hydrogen-bond donors (Lipinski definition) is 1. The highest BCUT2D eigenvalue weighted by Gasteiger charge is 2.48. The van der Waals surface area contributed by atoms with Crippen molar-refractivity contribution in [2.24, 2.45) is 0 Å². The normalized spacial score (nSPS) is 17.2. The molecule has 5 rings (SSSR count). The Balaban J connectivity index is 1.54. The molecule has 1 aliphatic heterocycles. The third-order valence-corrected chi connectivity index (χ3v) is 6.83. The van der Waals surface area contributed by atoms with E-state index in [1.165, 1.54) is 5.56 Å². The number of carbonyl (C=O) groups is 2. The average Bonchev–Trinajstić information content (AvgIpc) is 3.33. The van der Waals surface area contributed by atoms with Gasteiger partial charge < -0.3 is 5.32 Å². The molecule has 6 heteroatoms. The van der Waals surface area contributed by atoms with Crippen molar-refractivity contribution in [2.45, 2.75) is 45.3 Å². The Kier molecular flexibility index (Phi) is 6.18. The van der Waals surface area contributed by atoms with E-state index in [0.717, 1.165) is 11.1 Å². The van der Waals surface area contributed by atoms with Crippen LogP contribution in [0.1, 0.15) is 48.3 Å². The minimum Gasteiger partial charge on any atom is -0.350 e. The molecule has 0 spiro atoms. The lowest BCUT2D eigenvalue weighted by atomic mass is 9.93. The van der Waals surface area contributed by atoms with Crippen LogP contribution in [0.2, 0.25) is 0 Å². The summed E-state index contributed by atoms with van der Waals surface area (Å²) in [6.45, 7) is 6.70. The molecule has 0 aliphatic carbocycles. The molecule has 0 fully saturated rings. The highest BCUT2D eigenvalue weighted by atomic mass is 16.2. The number of nitrogens with one attached hydrogen (secondary N) is 1. The van der Waals surface area contributed by atoms with Crippen LogP contribution >= 0.6 is 0 Å². The molecule has 0 radical (unpaired) electrons. The first-order chi connectivity index (χ1) is 17.4. The summed E-state index contributed by atoms with van der Waals surface area (Å²) in [7, 11) is 0. The van der Waals surface area contributed by atoms with Crippen LogP contribution in [0.25, 0.3) is 11.3 Å². The van der Waals surface area contributed by atoms with Gasteiger partial charge in [0.1, 0.15) is 11.2 Å². The van der Waals surface area contributed by atoms with Gasteiger partial charge in [-0.2, -0.15) is 5.10 Å². The molecule has 36 heavy (non-hydrogen) atoms. The molecule has 1 atom stereocenters. The van der Waals surface area contributed by atoms with Crippen molar-refractivity contribution >= 4 is 17.5 Å². The van der Waals surface area contributed by atoms with Gasteiger partial charge >= 0.3 is 0 Å². The summed E-state index contributed by atoms with van der Waals surface area (Å²) in [6.07, 6.45) is 0. The molecule has 1 aliphatic rings. The molecule has 0 unspecified atom stereocenters. The Bertz CT molecular complexity index is 1380. The topological polar surface area (TPSA) is 67.2 Å². The van der Waals surface area contributed by atoms with Gasteiger partial charge in [-0.05, 0) is 42.2 Å². The minimum absolute atomic E-state index is 0.227. The van der Waals surface area contributed by atoms with Crippen molar-refractivity contribution in [1.82, 2.24) is 15.1 Å². The monoisotopic (exact) mass is 478 g/mol. The molecule has 0 bridgehead atoms. The van der Waals surface area contributed by atoms with Gasteiger partial charge in [0.2, 0.25) is 5.91 Å². The van der Waals surface area contributed by atoms with E-state index in [1.807, 2.05) is 97.9 Å². The average molecular weight is 479 g/mol. The number of anilines is 1. The minimum atomic E-state index is -1.17. The molecule has 1 aromatic heterocycles. The lowest BCUT2D eigenvalue weighted by molar-refractivity contribution is -0.126. The van der Waals surface area contributed by atoms with Crippen LogP contribution in [0.15, 0.2) is 91.0 Å². The largest absolute Gasteiger partial charge is 0.350 e. The van der Waals surface area contributed by atoms with E-state index in [2.05, 4.69) is 19.2 Å². The summed E-state index contributed by atoms with van der Waals surface area (Å²) in [5.41, 5.74) is 3.80. The maximum absolute atomic E-state index is 14.0. The molecule has 3 aromatic carbocycles. The molecule has 182 valence electrons. The predicted octanol–water partition coefficient (Wildman–Crippen LogP) is 5.41. The van der Waals surface area contributed by atoms with Gasteiger partial charge in [-0.15, -0.1) is 0 Å². The first-order valence-corrected chi connectivity index (χ1v) is 12.3. The smallest absolute Gasteiger partial charge is 0.277 e. The van der Waals surface area contributed by atoms with E-state index in [-0.39, 0.29) is 18.4 Å². The van der Waals surface area contributed by atoms with Crippen LogP contribution in [0, 0.1) is 0 Å². The zero-order valence-electron chi connectivity index (χ0n) is 20.8. The zero-order valence-corrected chi connectivity index (χ0v) is 20.8. The highest BCUT2D eigenvalue weighted by Crippen LogP contribution is 2.35. The number of rotatable bonds is 6. The Morgan fingerprint density at radius 1 is 0.972 bits per heavy atom. The van der Waals surface area contributed by atoms with Crippen molar-refractivity contribution in [1.29, 1.82) is 0 Å². The Labute approximate surface area is 211 Å². The van der Waals surface area contributed by atoms with Gasteiger partial charge in [-0.3, -0.25) is 19.2 Å². The van der Waals surface area contributed by atoms with Crippen LogP contribution < -0.4 is 10.2 Å². The van der Waals surface area contributed by atoms with Gasteiger partial charge in [-0.1, -0.05) is 86.6 Å². The molecular formula is C30H30N4O2. The number of aromatic nitrogens is 2. The van der Waals surface area contributed by atoms with E-state index in [9.17, 15) is 9.59 Å². The van der Waals surface area contributed by atoms with Crippen molar-refractivity contribution < 1.29 is 9.59 Å². The van der Waals surface area contributed by atoms with Crippen molar-refractivity contribution in [2.75, 3.05) is 4.90 Å². The van der Waals surface area contributed by atoms with Crippen molar-refractivity contribution in [3.8, 4) is 11.3 Å². The first kappa shape index (κ1) is 23.5. The van der Waals surface area contributed by atoms with E-state index in [4.69, 9.17) is 5.10 Å². The van der Waals surface area contributed by atoms with E-state index in [0.29, 0.717) is 29.5 Å². The van der Waals surface area contributed by atoms with E-state index in [1.54, 1.807) is 9.58 Å². The molecule has 6 nitrogen and oxygen atoms in total. The van der Waals surface area contributed by atoms with Gasteiger partial charge in [0.15, 0.2) is 0 Å². The standard InChI is InChI=1S/C30H30N4O2/c1-21(2)23-14-16-25(17-15-23)34-28(35)27-18-26(24-12-8-5-9-13-24)32-33(27)20-30(34,3)29(36)31-19-22-10-6-4-7-11-22/h4-18,21H,19-20H2,1-3H3,(H,31,36)/t30-/m1/s1. The Morgan fingerprint density at radius 2 is 1.61 bits per heavy atom.